The minimum absolute atomic E-state index is 0.000381. The van der Waals surface area contributed by atoms with Crippen molar-refractivity contribution in [1.82, 2.24) is 9.13 Å². The van der Waals surface area contributed by atoms with Crippen LogP contribution in [-0.2, 0) is 18.8 Å². The molecule has 11 heteroatoms. The average molecular weight is 498 g/mol. The molecule has 1 aliphatic heterocycles. The second-order valence-corrected chi connectivity index (χ2v) is 14.3. The first kappa shape index (κ1) is 24.5. The van der Waals surface area contributed by atoms with Gasteiger partial charge >= 0.3 is 5.69 Å². The Kier molecular flexibility index (Phi) is 6.44. The summed E-state index contributed by atoms with van der Waals surface area (Å²) in [5, 5.41) is 14.9. The lowest BCUT2D eigenvalue weighted by Crippen LogP contribution is -2.36. The van der Waals surface area contributed by atoms with Gasteiger partial charge in [0.1, 0.15) is 19.6 Å². The molecule has 1 saturated heterocycles. The summed E-state index contributed by atoms with van der Waals surface area (Å²) in [6.45, 7) is 8.43. The fraction of sp³-hybridized carbons (Fsp3) is 0.375. The lowest BCUT2D eigenvalue weighted by atomic mass is 10.1. The maximum Gasteiger partial charge on any atom is 0.328 e. The zero-order valence-corrected chi connectivity index (χ0v) is 21.4. The van der Waals surface area contributed by atoms with E-state index < -0.39 is 18.8 Å². The number of nitro groups is 1. The number of halogens is 1. The number of nitrogens with one attached hydrogen (secondary N) is 1. The molecule has 9 nitrogen and oxygen atoms in total. The van der Waals surface area contributed by atoms with Crippen LogP contribution in [0.25, 0.3) is 11.0 Å². The van der Waals surface area contributed by atoms with Gasteiger partial charge in [-0.2, -0.15) is 0 Å². The Morgan fingerprint density at radius 1 is 1.11 bits per heavy atom. The van der Waals surface area contributed by atoms with E-state index in [-0.39, 0.29) is 22.6 Å². The number of benzene rings is 2. The molecule has 0 spiro atoms. The van der Waals surface area contributed by atoms with Crippen LogP contribution >= 0.6 is 0 Å². The van der Waals surface area contributed by atoms with Crippen molar-refractivity contribution in [1.29, 1.82) is 0 Å². The van der Waals surface area contributed by atoms with Crippen molar-refractivity contribution in [2.75, 3.05) is 36.5 Å². The van der Waals surface area contributed by atoms with E-state index in [2.05, 4.69) is 21.7 Å². The summed E-state index contributed by atoms with van der Waals surface area (Å²) in [5.74, 6) is 2.14. The number of imidazole rings is 1. The fourth-order valence-electron chi connectivity index (χ4n) is 4.06. The van der Waals surface area contributed by atoms with E-state index in [0.29, 0.717) is 37.5 Å². The maximum atomic E-state index is 14.9. The Bertz CT molecular complexity index is 1440. The van der Waals surface area contributed by atoms with E-state index >= 15 is 0 Å². The molecular weight excluding hydrogens is 469 g/mol. The molecule has 0 amide bonds. The molecule has 0 aliphatic carbocycles. The zero-order chi connectivity index (χ0) is 25.5. The standard InChI is InChI=1S/C24H28FN5O4Si/c1-27-21-13-17(14-22(23(21)28(2)24(27)31)29-7-9-34-10-8-29)26-19-15-18(25)16(6-11-35(3,4)5)12-20(19)30(32)33/h12-15,26H,7-10H2,1-5H3. The molecule has 184 valence electrons. The summed E-state index contributed by atoms with van der Waals surface area (Å²) < 4.78 is 23.5. The van der Waals surface area contributed by atoms with Gasteiger partial charge in [0.25, 0.3) is 5.69 Å². The van der Waals surface area contributed by atoms with Gasteiger partial charge in [-0.15, -0.1) is 5.54 Å². The van der Waals surface area contributed by atoms with Gasteiger partial charge < -0.3 is 15.0 Å². The molecule has 1 N–H and O–H groups in total. The summed E-state index contributed by atoms with van der Waals surface area (Å²) >= 11 is 0. The molecule has 1 aliphatic rings. The number of fused-ring (bicyclic) bond motifs is 1. The number of aromatic nitrogens is 2. The second-order valence-electron chi connectivity index (χ2n) is 9.59. The number of anilines is 3. The van der Waals surface area contributed by atoms with Gasteiger partial charge in [-0.1, -0.05) is 25.6 Å². The van der Waals surface area contributed by atoms with E-state index in [1.54, 1.807) is 24.7 Å². The Hall–Kier alpha value is -3.62. The molecule has 0 saturated carbocycles. The van der Waals surface area contributed by atoms with Gasteiger partial charge in [-0.25, -0.2) is 9.18 Å². The van der Waals surface area contributed by atoms with Crippen LogP contribution in [0.1, 0.15) is 5.56 Å². The van der Waals surface area contributed by atoms with Crippen molar-refractivity contribution < 1.29 is 14.1 Å². The summed E-state index contributed by atoms with van der Waals surface area (Å²) in [6.07, 6.45) is 0. The van der Waals surface area contributed by atoms with Crippen LogP contribution in [-0.4, -0.2) is 48.4 Å². The summed E-state index contributed by atoms with van der Waals surface area (Å²) in [6, 6.07) is 5.84. The van der Waals surface area contributed by atoms with Gasteiger partial charge in [0, 0.05) is 45.0 Å². The van der Waals surface area contributed by atoms with Crippen LogP contribution in [0.2, 0.25) is 19.6 Å². The Morgan fingerprint density at radius 2 is 1.80 bits per heavy atom. The minimum Gasteiger partial charge on any atom is -0.378 e. The van der Waals surface area contributed by atoms with E-state index in [1.165, 1.54) is 10.6 Å². The number of rotatable bonds is 4. The number of nitro benzene ring substituents is 1. The Balaban J connectivity index is 1.84. The van der Waals surface area contributed by atoms with Crippen molar-refractivity contribution in [2.45, 2.75) is 19.6 Å². The highest BCUT2D eigenvalue weighted by atomic mass is 28.3. The van der Waals surface area contributed by atoms with Gasteiger partial charge in [0.05, 0.1) is 40.4 Å². The first-order chi connectivity index (χ1) is 16.5. The lowest BCUT2D eigenvalue weighted by molar-refractivity contribution is -0.384. The largest absolute Gasteiger partial charge is 0.378 e. The number of ether oxygens (including phenoxy) is 1. The topological polar surface area (TPSA) is 94.6 Å². The summed E-state index contributed by atoms with van der Waals surface area (Å²) in [4.78, 5) is 26.1. The lowest BCUT2D eigenvalue weighted by Gasteiger charge is -2.30. The third-order valence-corrected chi connectivity index (χ3v) is 6.70. The van der Waals surface area contributed by atoms with E-state index in [0.717, 1.165) is 17.3 Å². The van der Waals surface area contributed by atoms with Crippen LogP contribution in [0.3, 0.4) is 0 Å². The molecule has 4 rings (SSSR count). The summed E-state index contributed by atoms with van der Waals surface area (Å²) in [7, 11) is 1.59. The van der Waals surface area contributed by atoms with E-state index in [9.17, 15) is 19.3 Å². The quantitative estimate of drug-likeness (QED) is 0.255. The number of hydrogen-bond donors (Lipinski definition) is 1. The van der Waals surface area contributed by atoms with Crippen molar-refractivity contribution in [2.24, 2.45) is 14.1 Å². The van der Waals surface area contributed by atoms with Crippen molar-refractivity contribution in [3.8, 4) is 11.5 Å². The first-order valence-electron chi connectivity index (χ1n) is 11.3. The SMILES string of the molecule is Cn1c(=O)n(C)c2c(N3CCOCC3)cc(Nc3cc(F)c(C#C[Si](C)(C)C)cc3[N+](=O)[O-])cc21. The predicted octanol–water partition coefficient (Wildman–Crippen LogP) is 3.73. The van der Waals surface area contributed by atoms with Crippen LogP contribution < -0.4 is 15.9 Å². The van der Waals surface area contributed by atoms with Gasteiger partial charge in [-0.3, -0.25) is 19.2 Å². The maximum absolute atomic E-state index is 14.9. The number of hydrogen-bond acceptors (Lipinski definition) is 6. The van der Waals surface area contributed by atoms with E-state index in [4.69, 9.17) is 4.74 Å². The molecular formula is C24H28FN5O4Si. The monoisotopic (exact) mass is 497 g/mol. The summed E-state index contributed by atoms with van der Waals surface area (Å²) in [5.41, 5.74) is 5.31. The molecule has 3 aromatic rings. The third-order valence-electron chi connectivity index (χ3n) is 5.83. The molecule has 0 unspecified atom stereocenters. The number of aryl methyl sites for hydroxylation is 2. The van der Waals surface area contributed by atoms with Crippen molar-refractivity contribution in [3.63, 3.8) is 0 Å². The Labute approximate surface area is 203 Å². The molecule has 0 radical (unpaired) electrons. The van der Waals surface area contributed by atoms with Gasteiger partial charge in [0.15, 0.2) is 0 Å². The molecule has 2 aromatic carbocycles. The Morgan fingerprint density at radius 3 is 2.43 bits per heavy atom. The van der Waals surface area contributed by atoms with Gasteiger partial charge in [0.2, 0.25) is 0 Å². The zero-order valence-electron chi connectivity index (χ0n) is 20.4. The molecule has 0 atom stereocenters. The fourth-order valence-corrected chi connectivity index (χ4v) is 4.57. The van der Waals surface area contributed by atoms with Crippen molar-refractivity contribution in [3.05, 3.63) is 56.2 Å². The van der Waals surface area contributed by atoms with Gasteiger partial charge in [-0.05, 0) is 12.1 Å². The van der Waals surface area contributed by atoms with Crippen molar-refractivity contribution >= 4 is 41.9 Å². The van der Waals surface area contributed by atoms with Crippen LogP contribution in [0.4, 0.5) is 27.1 Å². The molecule has 1 aromatic heterocycles. The third kappa shape index (κ3) is 4.94. The average Bonchev–Trinajstić information content (AvgIpc) is 3.01. The predicted molar refractivity (Wildman–Crippen MR) is 138 cm³/mol. The highest BCUT2D eigenvalue weighted by Crippen LogP contribution is 2.35. The highest BCUT2D eigenvalue weighted by Gasteiger charge is 2.23. The normalized spacial score (nSPS) is 14.1. The van der Waals surface area contributed by atoms with E-state index in [1.807, 2.05) is 25.7 Å². The minimum atomic E-state index is -1.80. The smallest absolute Gasteiger partial charge is 0.328 e. The molecule has 35 heavy (non-hydrogen) atoms. The van der Waals surface area contributed by atoms with Crippen LogP contribution in [0, 0.1) is 27.4 Å². The van der Waals surface area contributed by atoms with Crippen LogP contribution in [0.15, 0.2) is 29.1 Å². The number of morpholine rings is 1. The number of nitrogens with zero attached hydrogens (tertiary/aromatic N) is 4. The highest BCUT2D eigenvalue weighted by molar-refractivity contribution is 6.83. The molecule has 2 heterocycles. The molecule has 0 bridgehead atoms. The van der Waals surface area contributed by atoms with Crippen LogP contribution in [0.5, 0.6) is 0 Å². The second kappa shape index (κ2) is 9.20. The first-order valence-corrected chi connectivity index (χ1v) is 14.8. The molecule has 1 fully saturated rings.